The minimum absolute atomic E-state index is 0.0965. The van der Waals surface area contributed by atoms with Gasteiger partial charge in [-0.2, -0.15) is 0 Å². The number of allylic oxidation sites excluding steroid dienone is 3. The van der Waals surface area contributed by atoms with Gasteiger partial charge in [-0.05, 0) is 13.0 Å². The Morgan fingerprint density at radius 3 is 2.60 bits per heavy atom. The largest absolute Gasteiger partial charge is 0.293 e. The van der Waals surface area contributed by atoms with Gasteiger partial charge >= 0.3 is 0 Å². The fourth-order valence-corrected chi connectivity index (χ4v) is 0.310. The SMILES string of the molecule is C=C(N=C/C=C\C)C(C)=O. The molecule has 0 saturated heterocycles. The highest BCUT2D eigenvalue weighted by Crippen LogP contribution is 1.91. The fraction of sp³-hybridized carbons (Fsp3) is 0.250. The van der Waals surface area contributed by atoms with Gasteiger partial charge in [-0.3, -0.25) is 9.79 Å². The normalized spacial score (nSPS) is 11.0. The minimum Gasteiger partial charge on any atom is -0.293 e. The maximum absolute atomic E-state index is 10.5. The summed E-state index contributed by atoms with van der Waals surface area (Å²) in [4.78, 5) is 14.3. The van der Waals surface area contributed by atoms with Crippen LogP contribution in [0.25, 0.3) is 0 Å². The molecule has 0 amide bonds. The molecular weight excluding hydrogens is 126 g/mol. The number of hydrogen-bond acceptors (Lipinski definition) is 2. The summed E-state index contributed by atoms with van der Waals surface area (Å²) in [5.41, 5.74) is 0.290. The second-order valence-corrected chi connectivity index (χ2v) is 1.81. The molecule has 10 heavy (non-hydrogen) atoms. The Morgan fingerprint density at radius 1 is 1.60 bits per heavy atom. The van der Waals surface area contributed by atoms with Gasteiger partial charge in [0, 0.05) is 13.1 Å². The van der Waals surface area contributed by atoms with Gasteiger partial charge in [0.2, 0.25) is 0 Å². The summed E-state index contributed by atoms with van der Waals surface area (Å²) in [6, 6.07) is 0. The van der Waals surface area contributed by atoms with E-state index in [0.717, 1.165) is 0 Å². The zero-order valence-electron chi connectivity index (χ0n) is 6.29. The third-order valence-corrected chi connectivity index (χ3v) is 0.915. The molecule has 0 bridgehead atoms. The Morgan fingerprint density at radius 2 is 2.20 bits per heavy atom. The zero-order chi connectivity index (χ0) is 7.98. The lowest BCUT2D eigenvalue weighted by atomic mass is 10.4. The van der Waals surface area contributed by atoms with Gasteiger partial charge < -0.3 is 0 Å². The van der Waals surface area contributed by atoms with Gasteiger partial charge in [0.15, 0.2) is 5.78 Å². The van der Waals surface area contributed by atoms with Crippen molar-refractivity contribution in [3.63, 3.8) is 0 Å². The van der Waals surface area contributed by atoms with Crippen LogP contribution in [0.4, 0.5) is 0 Å². The lowest BCUT2D eigenvalue weighted by Crippen LogP contribution is -1.90. The summed E-state index contributed by atoms with van der Waals surface area (Å²) in [7, 11) is 0. The van der Waals surface area contributed by atoms with E-state index in [4.69, 9.17) is 0 Å². The van der Waals surface area contributed by atoms with Crippen molar-refractivity contribution in [1.82, 2.24) is 0 Å². The molecule has 0 aliphatic heterocycles. The average Bonchev–Trinajstić information content (AvgIpc) is 1.88. The molecule has 0 aliphatic rings. The molecule has 2 nitrogen and oxygen atoms in total. The quantitative estimate of drug-likeness (QED) is 0.430. The third-order valence-electron chi connectivity index (χ3n) is 0.915. The predicted molar refractivity (Wildman–Crippen MR) is 43.1 cm³/mol. The topological polar surface area (TPSA) is 29.4 Å². The number of rotatable bonds is 3. The zero-order valence-corrected chi connectivity index (χ0v) is 6.29. The number of ketones is 1. The number of aliphatic imine (C=N–C) groups is 1. The molecule has 0 spiro atoms. The lowest BCUT2D eigenvalue weighted by Gasteiger charge is -1.86. The molecule has 0 N–H and O–H groups in total. The average molecular weight is 137 g/mol. The minimum atomic E-state index is -0.0965. The van der Waals surface area contributed by atoms with Crippen molar-refractivity contribution in [3.05, 3.63) is 24.4 Å². The summed E-state index contributed by atoms with van der Waals surface area (Å²) in [5, 5.41) is 0. The van der Waals surface area contributed by atoms with Crippen molar-refractivity contribution < 1.29 is 4.79 Å². The molecule has 0 aromatic carbocycles. The monoisotopic (exact) mass is 137 g/mol. The molecular formula is C8H11NO. The van der Waals surface area contributed by atoms with Crippen molar-refractivity contribution in [1.29, 1.82) is 0 Å². The maximum Gasteiger partial charge on any atom is 0.177 e. The van der Waals surface area contributed by atoms with E-state index in [1.165, 1.54) is 6.92 Å². The van der Waals surface area contributed by atoms with Crippen LogP contribution in [0.5, 0.6) is 0 Å². The Kier molecular flexibility index (Phi) is 4.12. The van der Waals surface area contributed by atoms with Crippen LogP contribution in [0.2, 0.25) is 0 Å². The van der Waals surface area contributed by atoms with E-state index in [-0.39, 0.29) is 11.5 Å². The van der Waals surface area contributed by atoms with Crippen molar-refractivity contribution in [3.8, 4) is 0 Å². The van der Waals surface area contributed by atoms with E-state index in [0.29, 0.717) is 0 Å². The number of Topliss-reactive ketones (excluding diaryl/α,β-unsaturated/α-hetero) is 1. The van der Waals surface area contributed by atoms with E-state index in [2.05, 4.69) is 11.6 Å². The summed E-state index contributed by atoms with van der Waals surface area (Å²) in [5.74, 6) is -0.0965. The van der Waals surface area contributed by atoms with Crippen LogP contribution in [-0.2, 0) is 4.79 Å². The van der Waals surface area contributed by atoms with Gasteiger partial charge in [0.05, 0.1) is 5.70 Å². The highest BCUT2D eigenvalue weighted by atomic mass is 16.1. The molecule has 0 radical (unpaired) electrons. The van der Waals surface area contributed by atoms with Crippen molar-refractivity contribution in [2.75, 3.05) is 0 Å². The van der Waals surface area contributed by atoms with E-state index in [1.54, 1.807) is 12.3 Å². The van der Waals surface area contributed by atoms with Gasteiger partial charge in [-0.25, -0.2) is 0 Å². The number of nitrogens with zero attached hydrogens (tertiary/aromatic N) is 1. The van der Waals surface area contributed by atoms with Gasteiger partial charge in [-0.1, -0.05) is 12.7 Å². The van der Waals surface area contributed by atoms with Crippen molar-refractivity contribution >= 4 is 12.0 Å². The lowest BCUT2D eigenvalue weighted by molar-refractivity contribution is -0.113. The number of carbonyl (C=O) groups is 1. The highest BCUT2D eigenvalue weighted by molar-refractivity contribution is 5.94. The molecule has 54 valence electrons. The Bertz CT molecular complexity index is 189. The van der Waals surface area contributed by atoms with E-state index < -0.39 is 0 Å². The van der Waals surface area contributed by atoms with Crippen LogP contribution in [0, 0.1) is 0 Å². The third kappa shape index (κ3) is 3.78. The first-order chi connectivity index (χ1) is 4.68. The highest BCUT2D eigenvalue weighted by Gasteiger charge is 1.92. The van der Waals surface area contributed by atoms with Crippen LogP contribution < -0.4 is 0 Å². The molecule has 0 fully saturated rings. The molecule has 0 saturated carbocycles. The molecule has 0 aromatic heterocycles. The summed E-state index contributed by atoms with van der Waals surface area (Å²) in [6.07, 6.45) is 5.12. The second kappa shape index (κ2) is 4.68. The molecule has 0 heterocycles. The standard InChI is InChI=1S/C8H11NO/c1-4-5-6-9-7(2)8(3)10/h4-6H,2H2,1,3H3/b5-4-,9-6?. The molecule has 2 heteroatoms. The summed E-state index contributed by atoms with van der Waals surface area (Å²) >= 11 is 0. The first-order valence-electron chi connectivity index (χ1n) is 3.03. The van der Waals surface area contributed by atoms with Crippen LogP contribution in [0.15, 0.2) is 29.4 Å². The smallest absolute Gasteiger partial charge is 0.177 e. The van der Waals surface area contributed by atoms with Gasteiger partial charge in [0.1, 0.15) is 0 Å². The molecule has 0 aromatic rings. The van der Waals surface area contributed by atoms with Crippen LogP contribution in [-0.4, -0.2) is 12.0 Å². The second-order valence-electron chi connectivity index (χ2n) is 1.81. The van der Waals surface area contributed by atoms with Gasteiger partial charge in [0.25, 0.3) is 0 Å². The Labute approximate surface area is 61.0 Å². The first kappa shape index (κ1) is 8.82. The number of carbonyl (C=O) groups excluding carboxylic acids is 1. The molecule has 0 atom stereocenters. The fourth-order valence-electron chi connectivity index (χ4n) is 0.310. The summed E-state index contributed by atoms with van der Waals surface area (Å²) < 4.78 is 0. The van der Waals surface area contributed by atoms with Crippen LogP contribution in [0.1, 0.15) is 13.8 Å². The molecule has 0 aliphatic carbocycles. The molecule has 0 rings (SSSR count). The Balaban J connectivity index is 3.90. The van der Waals surface area contributed by atoms with Gasteiger partial charge in [-0.15, -0.1) is 0 Å². The Hall–Kier alpha value is -1.18. The molecule has 0 unspecified atom stereocenters. The van der Waals surface area contributed by atoms with E-state index >= 15 is 0 Å². The van der Waals surface area contributed by atoms with E-state index in [9.17, 15) is 4.79 Å². The summed E-state index contributed by atoms with van der Waals surface area (Å²) in [6.45, 7) is 6.76. The predicted octanol–water partition coefficient (Wildman–Crippen LogP) is 1.74. The maximum atomic E-state index is 10.5. The van der Waals surface area contributed by atoms with Crippen LogP contribution >= 0.6 is 0 Å². The van der Waals surface area contributed by atoms with Crippen molar-refractivity contribution in [2.45, 2.75) is 13.8 Å². The number of hydrogen-bond donors (Lipinski definition) is 0. The van der Waals surface area contributed by atoms with E-state index in [1.807, 2.05) is 13.0 Å². The van der Waals surface area contributed by atoms with Crippen LogP contribution in [0.3, 0.4) is 0 Å². The van der Waals surface area contributed by atoms with Crippen molar-refractivity contribution in [2.24, 2.45) is 4.99 Å². The first-order valence-corrected chi connectivity index (χ1v) is 3.03.